The highest BCUT2D eigenvalue weighted by molar-refractivity contribution is 5.83. The van der Waals surface area contributed by atoms with E-state index in [0.29, 0.717) is 17.7 Å². The van der Waals surface area contributed by atoms with Crippen LogP contribution in [0, 0.1) is 11.6 Å². The van der Waals surface area contributed by atoms with E-state index >= 15 is 0 Å². The Morgan fingerprint density at radius 3 is 2.58 bits per heavy atom. The number of hydrogen-bond donors (Lipinski definition) is 2. The number of nitrogens with one attached hydrogen (secondary N) is 1. The summed E-state index contributed by atoms with van der Waals surface area (Å²) in [5, 5.41) is 13.1. The highest BCUT2D eigenvalue weighted by atomic mass is 19.1. The van der Waals surface area contributed by atoms with E-state index in [1.165, 1.54) is 4.90 Å². The first kappa shape index (κ1) is 21.4. The van der Waals surface area contributed by atoms with Crippen molar-refractivity contribution in [1.29, 1.82) is 0 Å². The van der Waals surface area contributed by atoms with Gasteiger partial charge in [0, 0.05) is 25.2 Å². The normalized spacial score (nSPS) is 26.2. The monoisotopic (exact) mass is 431 g/mol. The number of benzene rings is 2. The molecule has 0 saturated carbocycles. The summed E-state index contributed by atoms with van der Waals surface area (Å²) in [5.74, 6) is -1.24. The predicted molar refractivity (Wildman–Crippen MR) is 111 cm³/mol. The number of carbonyl (C=O) groups excluding carboxylic acids is 1. The molecule has 4 rings (SSSR count). The highest BCUT2D eigenvalue weighted by Crippen LogP contribution is 2.40. The summed E-state index contributed by atoms with van der Waals surface area (Å²) in [6, 6.07) is 10.7. The van der Waals surface area contributed by atoms with Crippen molar-refractivity contribution in [2.45, 2.75) is 17.8 Å². The molecule has 0 bridgehead atoms. The van der Waals surface area contributed by atoms with Crippen molar-refractivity contribution in [3.63, 3.8) is 0 Å². The molecule has 5 nitrogen and oxygen atoms in total. The number of nitrogens with zero attached hydrogens (tertiary/aromatic N) is 2. The smallest absolute Gasteiger partial charge is 0.319 e. The molecule has 2 amide bonds. The number of halogens is 3. The van der Waals surface area contributed by atoms with Gasteiger partial charge in [0.25, 0.3) is 0 Å². The van der Waals surface area contributed by atoms with Crippen molar-refractivity contribution in [1.82, 2.24) is 15.1 Å². The number of urea groups is 1. The molecule has 3 atom stereocenters. The molecule has 0 radical (unpaired) electrons. The average Bonchev–Trinajstić information content (AvgIpc) is 3.30. The van der Waals surface area contributed by atoms with Gasteiger partial charge in [0.15, 0.2) is 0 Å². The summed E-state index contributed by atoms with van der Waals surface area (Å²) in [6.45, 7) is 0.0272. The van der Waals surface area contributed by atoms with Crippen LogP contribution in [0.3, 0.4) is 0 Å². The summed E-state index contributed by atoms with van der Waals surface area (Å²) < 4.78 is 42.6. The van der Waals surface area contributed by atoms with Gasteiger partial charge >= 0.3 is 6.03 Å². The Morgan fingerprint density at radius 1 is 1.19 bits per heavy atom. The Kier molecular flexibility index (Phi) is 5.77. The number of hydrogen-bond acceptors (Lipinski definition) is 3. The zero-order valence-corrected chi connectivity index (χ0v) is 17.1. The molecule has 8 heteroatoms. The quantitative estimate of drug-likeness (QED) is 0.783. The van der Waals surface area contributed by atoms with Crippen molar-refractivity contribution >= 4 is 11.6 Å². The molecule has 0 aliphatic carbocycles. The van der Waals surface area contributed by atoms with Gasteiger partial charge in [-0.2, -0.15) is 0 Å². The molecule has 0 spiro atoms. The Hall–Kier alpha value is -2.84. The number of amides is 2. The predicted octanol–water partition coefficient (Wildman–Crippen LogP) is 2.91. The first-order valence-electron chi connectivity index (χ1n) is 10.1. The molecule has 2 aliphatic rings. The molecule has 1 fully saturated rings. The molecule has 2 aliphatic heterocycles. The number of aliphatic hydroxyl groups is 1. The molecule has 2 N–H and O–H groups in total. The second-order valence-electron chi connectivity index (χ2n) is 8.12. The van der Waals surface area contributed by atoms with Crippen molar-refractivity contribution in [2.24, 2.45) is 0 Å². The number of aliphatic hydroxyl groups excluding tert-OH is 1. The Bertz CT molecular complexity index is 1000. The average molecular weight is 431 g/mol. The molecule has 164 valence electrons. The van der Waals surface area contributed by atoms with Crippen molar-refractivity contribution in [3.8, 4) is 0 Å². The van der Waals surface area contributed by atoms with Crippen LogP contribution in [0.5, 0.6) is 0 Å². The van der Waals surface area contributed by atoms with Crippen LogP contribution in [0.2, 0.25) is 0 Å². The van der Waals surface area contributed by atoms with E-state index in [1.54, 1.807) is 48.4 Å². The zero-order chi connectivity index (χ0) is 22.2. The number of rotatable bonds is 4. The molecule has 2 aromatic carbocycles. The fraction of sp³-hybridized carbons (Fsp3) is 0.348. The van der Waals surface area contributed by atoms with Crippen LogP contribution in [0.4, 0.5) is 18.0 Å². The van der Waals surface area contributed by atoms with E-state index in [0.717, 1.165) is 18.2 Å². The van der Waals surface area contributed by atoms with Crippen LogP contribution >= 0.6 is 0 Å². The molecule has 2 heterocycles. The molecule has 31 heavy (non-hydrogen) atoms. The molecular formula is C23H24F3N3O2. The van der Waals surface area contributed by atoms with Crippen LogP contribution in [-0.4, -0.2) is 66.4 Å². The van der Waals surface area contributed by atoms with E-state index in [4.69, 9.17) is 0 Å². The molecule has 0 aromatic heterocycles. The van der Waals surface area contributed by atoms with Crippen molar-refractivity contribution in [2.75, 3.05) is 33.3 Å². The topological polar surface area (TPSA) is 55.8 Å². The van der Waals surface area contributed by atoms with Crippen molar-refractivity contribution < 1.29 is 23.1 Å². The largest absolute Gasteiger partial charge is 0.393 e. The molecular weight excluding hydrogens is 407 g/mol. The van der Waals surface area contributed by atoms with E-state index in [1.807, 2.05) is 0 Å². The van der Waals surface area contributed by atoms with Gasteiger partial charge in [-0.05, 0) is 42.5 Å². The zero-order valence-electron chi connectivity index (χ0n) is 17.1. The van der Waals surface area contributed by atoms with Gasteiger partial charge in [-0.25, -0.2) is 18.0 Å². The lowest BCUT2D eigenvalue weighted by molar-refractivity contribution is 0.101. The molecule has 2 aromatic rings. The minimum atomic E-state index is -1.30. The third-order valence-electron chi connectivity index (χ3n) is 6.00. The lowest BCUT2D eigenvalue weighted by Crippen LogP contribution is -2.55. The maximum Gasteiger partial charge on any atom is 0.319 e. The third kappa shape index (κ3) is 3.93. The van der Waals surface area contributed by atoms with Gasteiger partial charge in [0.05, 0.1) is 12.6 Å². The van der Waals surface area contributed by atoms with Crippen LogP contribution in [0.1, 0.15) is 11.1 Å². The van der Waals surface area contributed by atoms with E-state index < -0.39 is 42.0 Å². The second-order valence-corrected chi connectivity index (χ2v) is 8.12. The Labute approximate surface area is 178 Å². The van der Waals surface area contributed by atoms with Crippen LogP contribution < -0.4 is 5.32 Å². The van der Waals surface area contributed by atoms with Gasteiger partial charge in [0.2, 0.25) is 0 Å². The maximum absolute atomic E-state index is 14.5. The van der Waals surface area contributed by atoms with E-state index in [2.05, 4.69) is 5.32 Å². The van der Waals surface area contributed by atoms with Crippen LogP contribution in [0.15, 0.2) is 54.6 Å². The van der Waals surface area contributed by atoms with E-state index in [-0.39, 0.29) is 18.7 Å². The Balaban J connectivity index is 1.73. The van der Waals surface area contributed by atoms with Gasteiger partial charge in [-0.15, -0.1) is 0 Å². The number of carbonyl (C=O) groups is 1. The van der Waals surface area contributed by atoms with E-state index in [9.17, 15) is 23.1 Å². The number of likely N-dealkylation sites (tertiary alicyclic amines) is 1. The minimum Gasteiger partial charge on any atom is -0.393 e. The Morgan fingerprint density at radius 2 is 1.94 bits per heavy atom. The SMILES string of the molecule is CN1C[C@@H](F)[C@H](NC(=O)N2CC(c3cc(F)ccc3F)=C[C@@]2(CO)c2ccccc2)C1. The summed E-state index contributed by atoms with van der Waals surface area (Å²) in [7, 11) is 1.77. The number of likely N-dealkylation sites (N-methyl/N-ethyl adjacent to an activating group) is 1. The maximum atomic E-state index is 14.5. The first-order chi connectivity index (χ1) is 14.8. The summed E-state index contributed by atoms with van der Waals surface area (Å²) in [4.78, 5) is 16.4. The lowest BCUT2D eigenvalue weighted by atomic mass is 9.89. The summed E-state index contributed by atoms with van der Waals surface area (Å²) >= 11 is 0. The van der Waals surface area contributed by atoms with Gasteiger partial charge in [-0.1, -0.05) is 30.3 Å². The fourth-order valence-electron chi connectivity index (χ4n) is 4.39. The molecule has 1 saturated heterocycles. The van der Waals surface area contributed by atoms with Gasteiger partial charge in [0.1, 0.15) is 23.3 Å². The van der Waals surface area contributed by atoms with Gasteiger partial charge in [-0.3, -0.25) is 0 Å². The minimum absolute atomic E-state index is 0.0213. The molecule has 0 unspecified atom stereocenters. The standard InChI is InChI=1S/C23H24F3N3O2/c1-28-12-20(26)21(13-28)27-22(31)29-11-15(18-9-17(24)7-8-19(18)25)10-23(29,14-30)16-5-3-2-4-6-16/h2-10,20-21,30H,11-14H2,1H3,(H,27,31)/t20-,21-,23-/m1/s1. The van der Waals surface area contributed by atoms with Crippen LogP contribution in [0.25, 0.3) is 5.57 Å². The summed E-state index contributed by atoms with van der Waals surface area (Å²) in [6.07, 6.45) is 0.373. The fourth-order valence-corrected chi connectivity index (χ4v) is 4.39. The summed E-state index contributed by atoms with van der Waals surface area (Å²) in [5.41, 5.74) is -0.298. The first-order valence-corrected chi connectivity index (χ1v) is 10.1. The second kappa shape index (κ2) is 8.36. The third-order valence-corrected chi connectivity index (χ3v) is 6.00. The lowest BCUT2D eigenvalue weighted by Gasteiger charge is -2.37. The van der Waals surface area contributed by atoms with Gasteiger partial charge < -0.3 is 20.2 Å². The number of alkyl halides is 1. The highest BCUT2D eigenvalue weighted by Gasteiger charge is 2.46. The van der Waals surface area contributed by atoms with Crippen LogP contribution in [-0.2, 0) is 5.54 Å². The van der Waals surface area contributed by atoms with Crippen molar-refractivity contribution in [3.05, 3.63) is 77.4 Å².